The van der Waals surface area contributed by atoms with Crippen molar-refractivity contribution in [1.82, 2.24) is 4.72 Å². The predicted molar refractivity (Wildman–Crippen MR) is 77.7 cm³/mol. The summed E-state index contributed by atoms with van der Waals surface area (Å²) in [6, 6.07) is 3.08. The van der Waals surface area contributed by atoms with E-state index in [1.807, 2.05) is 0 Å². The first kappa shape index (κ1) is 16.7. The van der Waals surface area contributed by atoms with Gasteiger partial charge in [-0.2, -0.15) is 0 Å². The number of ether oxygens (including phenoxy) is 2. The standard InChI is InChI=1S/C13H22N2O4S/c1-9-6-10(18-4)11(19-5)7-12(9)20(16,17)15-13(2,3)8-14/h6-7,15H,8,14H2,1-5H3. The number of hydrogen-bond acceptors (Lipinski definition) is 5. The van der Waals surface area contributed by atoms with Crippen molar-refractivity contribution >= 4 is 10.0 Å². The third kappa shape index (κ3) is 3.62. The monoisotopic (exact) mass is 302 g/mol. The van der Waals surface area contributed by atoms with Crippen LogP contribution in [0.1, 0.15) is 19.4 Å². The molecule has 0 aliphatic heterocycles. The van der Waals surface area contributed by atoms with Crippen molar-refractivity contribution in [3.8, 4) is 11.5 Å². The zero-order valence-corrected chi connectivity index (χ0v) is 13.3. The Morgan fingerprint density at radius 2 is 1.70 bits per heavy atom. The molecule has 0 spiro atoms. The van der Waals surface area contributed by atoms with Gasteiger partial charge in [0.05, 0.1) is 19.1 Å². The number of methoxy groups -OCH3 is 2. The number of benzene rings is 1. The molecule has 7 heteroatoms. The molecule has 0 aliphatic rings. The van der Waals surface area contributed by atoms with E-state index in [0.717, 1.165) is 0 Å². The zero-order valence-electron chi connectivity index (χ0n) is 12.5. The molecule has 0 radical (unpaired) electrons. The third-order valence-corrected chi connectivity index (χ3v) is 4.73. The molecule has 0 atom stereocenters. The first-order valence-corrected chi connectivity index (χ1v) is 7.62. The normalized spacial score (nSPS) is 12.3. The van der Waals surface area contributed by atoms with Gasteiger partial charge in [-0.3, -0.25) is 0 Å². The van der Waals surface area contributed by atoms with Crippen molar-refractivity contribution in [2.45, 2.75) is 31.2 Å². The Hall–Kier alpha value is -1.31. The van der Waals surface area contributed by atoms with Crippen molar-refractivity contribution < 1.29 is 17.9 Å². The van der Waals surface area contributed by atoms with Gasteiger partial charge in [-0.15, -0.1) is 0 Å². The maximum atomic E-state index is 12.4. The van der Waals surface area contributed by atoms with E-state index in [-0.39, 0.29) is 11.4 Å². The van der Waals surface area contributed by atoms with Crippen LogP contribution in [0.15, 0.2) is 17.0 Å². The Morgan fingerprint density at radius 1 is 1.20 bits per heavy atom. The lowest BCUT2D eigenvalue weighted by molar-refractivity contribution is 0.353. The number of rotatable bonds is 6. The molecule has 0 unspecified atom stereocenters. The van der Waals surface area contributed by atoms with Gasteiger partial charge < -0.3 is 15.2 Å². The van der Waals surface area contributed by atoms with Crippen molar-refractivity contribution in [3.63, 3.8) is 0 Å². The van der Waals surface area contributed by atoms with E-state index in [4.69, 9.17) is 15.2 Å². The summed E-state index contributed by atoms with van der Waals surface area (Å²) in [7, 11) is -0.723. The number of nitrogens with two attached hydrogens (primary N) is 1. The fourth-order valence-corrected chi connectivity index (χ4v) is 3.38. The lowest BCUT2D eigenvalue weighted by Crippen LogP contribution is -2.48. The number of hydrogen-bond donors (Lipinski definition) is 2. The van der Waals surface area contributed by atoms with Crippen LogP contribution in [0.2, 0.25) is 0 Å². The smallest absolute Gasteiger partial charge is 0.241 e. The van der Waals surface area contributed by atoms with E-state index in [2.05, 4.69) is 4.72 Å². The van der Waals surface area contributed by atoms with Gasteiger partial charge >= 0.3 is 0 Å². The van der Waals surface area contributed by atoms with E-state index >= 15 is 0 Å². The van der Waals surface area contributed by atoms with E-state index in [1.54, 1.807) is 26.8 Å². The minimum Gasteiger partial charge on any atom is -0.493 e. The maximum Gasteiger partial charge on any atom is 0.241 e. The molecule has 114 valence electrons. The number of aryl methyl sites for hydroxylation is 1. The van der Waals surface area contributed by atoms with Crippen molar-refractivity contribution in [1.29, 1.82) is 0 Å². The molecule has 0 saturated heterocycles. The quantitative estimate of drug-likeness (QED) is 0.819. The Morgan fingerprint density at radius 3 is 2.15 bits per heavy atom. The number of sulfonamides is 1. The Balaban J connectivity index is 3.32. The lowest BCUT2D eigenvalue weighted by atomic mass is 10.1. The minimum atomic E-state index is -3.68. The summed E-state index contributed by atoms with van der Waals surface area (Å²) in [5.41, 5.74) is 5.41. The summed E-state index contributed by atoms with van der Waals surface area (Å²) in [5.74, 6) is 0.853. The summed E-state index contributed by atoms with van der Waals surface area (Å²) >= 11 is 0. The van der Waals surface area contributed by atoms with Crippen molar-refractivity contribution in [2.24, 2.45) is 5.73 Å². The van der Waals surface area contributed by atoms with Gasteiger partial charge in [0.2, 0.25) is 10.0 Å². The first-order valence-electron chi connectivity index (χ1n) is 6.13. The van der Waals surface area contributed by atoms with E-state index in [0.29, 0.717) is 17.1 Å². The molecule has 0 fully saturated rings. The third-order valence-electron chi connectivity index (χ3n) is 2.89. The van der Waals surface area contributed by atoms with Gasteiger partial charge in [-0.25, -0.2) is 13.1 Å². The molecular weight excluding hydrogens is 280 g/mol. The largest absolute Gasteiger partial charge is 0.493 e. The predicted octanol–water partition coefficient (Wildman–Crippen LogP) is 1.03. The van der Waals surface area contributed by atoms with Gasteiger partial charge in [0.1, 0.15) is 0 Å². The maximum absolute atomic E-state index is 12.4. The van der Waals surface area contributed by atoms with Gasteiger partial charge in [-0.05, 0) is 32.4 Å². The summed E-state index contributed by atoms with van der Waals surface area (Å²) in [6.07, 6.45) is 0. The van der Waals surface area contributed by atoms with Crippen LogP contribution in [-0.4, -0.2) is 34.7 Å². The van der Waals surface area contributed by atoms with Crippen LogP contribution >= 0.6 is 0 Å². The molecule has 0 aliphatic carbocycles. The fourth-order valence-electron chi connectivity index (χ4n) is 1.71. The van der Waals surface area contributed by atoms with Crippen LogP contribution in [0.4, 0.5) is 0 Å². The summed E-state index contributed by atoms with van der Waals surface area (Å²) in [6.45, 7) is 5.34. The topological polar surface area (TPSA) is 90.7 Å². The molecular formula is C13H22N2O4S. The van der Waals surface area contributed by atoms with Crippen molar-refractivity contribution in [2.75, 3.05) is 20.8 Å². The van der Waals surface area contributed by atoms with Crippen LogP contribution in [0, 0.1) is 6.92 Å². The molecule has 0 saturated carbocycles. The SMILES string of the molecule is COc1cc(C)c(S(=O)(=O)NC(C)(C)CN)cc1OC. The van der Waals surface area contributed by atoms with E-state index in [9.17, 15) is 8.42 Å². The molecule has 0 amide bonds. The average Bonchev–Trinajstić information content (AvgIpc) is 2.36. The van der Waals surface area contributed by atoms with Gasteiger partial charge in [0, 0.05) is 18.2 Å². The molecule has 0 heterocycles. The number of nitrogens with one attached hydrogen (secondary N) is 1. The lowest BCUT2D eigenvalue weighted by Gasteiger charge is -2.24. The highest BCUT2D eigenvalue weighted by Gasteiger charge is 2.27. The molecule has 1 aromatic rings. The van der Waals surface area contributed by atoms with Gasteiger partial charge in [0.25, 0.3) is 0 Å². The second-order valence-corrected chi connectivity index (χ2v) is 6.82. The van der Waals surface area contributed by atoms with Crippen LogP contribution in [0.3, 0.4) is 0 Å². The van der Waals surface area contributed by atoms with Gasteiger partial charge in [-0.1, -0.05) is 0 Å². The Labute approximate surface area is 120 Å². The second kappa shape index (κ2) is 5.99. The highest BCUT2D eigenvalue weighted by atomic mass is 32.2. The molecule has 0 bridgehead atoms. The fraction of sp³-hybridized carbons (Fsp3) is 0.538. The molecule has 1 rings (SSSR count). The molecule has 6 nitrogen and oxygen atoms in total. The zero-order chi connectivity index (χ0) is 15.6. The van der Waals surface area contributed by atoms with Crippen LogP contribution in [0.25, 0.3) is 0 Å². The van der Waals surface area contributed by atoms with Crippen LogP contribution in [-0.2, 0) is 10.0 Å². The van der Waals surface area contributed by atoms with Crippen LogP contribution in [0.5, 0.6) is 11.5 Å². The highest BCUT2D eigenvalue weighted by Crippen LogP contribution is 2.32. The van der Waals surface area contributed by atoms with Gasteiger partial charge in [0.15, 0.2) is 11.5 Å². The van der Waals surface area contributed by atoms with E-state index in [1.165, 1.54) is 20.3 Å². The highest BCUT2D eigenvalue weighted by molar-refractivity contribution is 7.89. The second-order valence-electron chi connectivity index (χ2n) is 5.17. The summed E-state index contributed by atoms with van der Waals surface area (Å²) in [5, 5.41) is 0. The van der Waals surface area contributed by atoms with Crippen LogP contribution < -0.4 is 19.9 Å². The first-order chi connectivity index (χ1) is 9.16. The summed E-state index contributed by atoms with van der Waals surface area (Å²) < 4.78 is 37.7. The van der Waals surface area contributed by atoms with Crippen molar-refractivity contribution in [3.05, 3.63) is 17.7 Å². The minimum absolute atomic E-state index is 0.150. The molecule has 3 N–H and O–H groups in total. The average molecular weight is 302 g/mol. The Bertz CT molecular complexity index is 582. The Kier molecular flexibility index (Phi) is 5.01. The molecule has 20 heavy (non-hydrogen) atoms. The molecule has 1 aromatic carbocycles. The molecule has 0 aromatic heterocycles. The summed E-state index contributed by atoms with van der Waals surface area (Å²) in [4.78, 5) is 0.150. The van der Waals surface area contributed by atoms with E-state index < -0.39 is 15.6 Å².